The molecule has 1 amide bonds. The highest BCUT2D eigenvalue weighted by molar-refractivity contribution is 7.98. The van der Waals surface area contributed by atoms with Gasteiger partial charge in [0.2, 0.25) is 5.91 Å². The zero-order valence-corrected chi connectivity index (χ0v) is 15.3. The molecule has 0 aromatic heterocycles. The lowest BCUT2D eigenvalue weighted by atomic mass is 10.2. The fourth-order valence-corrected chi connectivity index (χ4v) is 3.62. The molecule has 0 unspecified atom stereocenters. The molecule has 4 nitrogen and oxygen atoms in total. The van der Waals surface area contributed by atoms with Crippen molar-refractivity contribution in [3.05, 3.63) is 34.9 Å². The molecule has 0 bridgehead atoms. The lowest BCUT2D eigenvalue weighted by molar-refractivity contribution is -0.122. The van der Waals surface area contributed by atoms with Crippen LogP contribution in [0.2, 0.25) is 5.02 Å². The van der Waals surface area contributed by atoms with Crippen LogP contribution < -0.4 is 5.32 Å². The van der Waals surface area contributed by atoms with Gasteiger partial charge in [-0.05, 0) is 24.2 Å². The van der Waals surface area contributed by atoms with Crippen molar-refractivity contribution >= 4 is 29.3 Å². The lowest BCUT2D eigenvalue weighted by Gasteiger charge is -2.33. The number of carbonyl (C=O) groups is 1. The van der Waals surface area contributed by atoms with E-state index in [9.17, 15) is 4.79 Å². The summed E-state index contributed by atoms with van der Waals surface area (Å²) in [6.45, 7) is 8.65. The van der Waals surface area contributed by atoms with Crippen LogP contribution in [0.25, 0.3) is 0 Å². The first-order valence-corrected chi connectivity index (χ1v) is 9.74. The van der Waals surface area contributed by atoms with Gasteiger partial charge in [-0.1, -0.05) is 30.7 Å². The molecular formula is C17H26ClN3OS. The third kappa shape index (κ3) is 7.12. The first-order chi connectivity index (χ1) is 11.2. The van der Waals surface area contributed by atoms with Gasteiger partial charge in [-0.15, -0.1) is 0 Å². The molecule has 0 aliphatic carbocycles. The third-order valence-electron chi connectivity index (χ3n) is 4.01. The maximum Gasteiger partial charge on any atom is 0.234 e. The van der Waals surface area contributed by atoms with E-state index in [1.807, 2.05) is 30.0 Å². The number of nitrogens with one attached hydrogen (secondary N) is 1. The summed E-state index contributed by atoms with van der Waals surface area (Å²) in [6.07, 6.45) is 0. The normalized spacial score (nSPS) is 16.4. The summed E-state index contributed by atoms with van der Waals surface area (Å²) in [5.41, 5.74) is 1.22. The van der Waals surface area contributed by atoms with Gasteiger partial charge in [0.15, 0.2) is 0 Å². The van der Waals surface area contributed by atoms with Crippen LogP contribution in [0.3, 0.4) is 0 Å². The number of amides is 1. The van der Waals surface area contributed by atoms with Crippen molar-refractivity contribution in [3.63, 3.8) is 0 Å². The van der Waals surface area contributed by atoms with Crippen LogP contribution in [-0.2, 0) is 10.5 Å². The van der Waals surface area contributed by atoms with E-state index in [4.69, 9.17) is 11.6 Å². The van der Waals surface area contributed by atoms with E-state index in [-0.39, 0.29) is 5.91 Å². The van der Waals surface area contributed by atoms with Gasteiger partial charge in [-0.2, -0.15) is 11.8 Å². The standard InChI is InChI=1S/C17H26ClN3OS/c1-2-20-7-9-21(10-8-20)13-17(22)19-6-11-23-14-15-4-3-5-16(18)12-15/h3-5,12H,2,6-11,13-14H2,1H3,(H,19,22). The molecule has 1 aromatic carbocycles. The number of thioether (sulfide) groups is 1. The Kier molecular flexibility index (Phi) is 8.23. The second kappa shape index (κ2) is 10.2. The molecule has 1 saturated heterocycles. The van der Waals surface area contributed by atoms with Crippen molar-refractivity contribution in [3.8, 4) is 0 Å². The number of carbonyl (C=O) groups excluding carboxylic acids is 1. The number of nitrogens with zero attached hydrogens (tertiary/aromatic N) is 2. The van der Waals surface area contributed by atoms with E-state index < -0.39 is 0 Å². The number of benzene rings is 1. The van der Waals surface area contributed by atoms with Crippen LogP contribution in [0.5, 0.6) is 0 Å². The van der Waals surface area contributed by atoms with Crippen LogP contribution >= 0.6 is 23.4 Å². The largest absolute Gasteiger partial charge is 0.354 e. The molecule has 2 rings (SSSR count). The minimum atomic E-state index is 0.137. The second-order valence-corrected chi connectivity index (χ2v) is 7.28. The van der Waals surface area contributed by atoms with Crippen LogP contribution in [-0.4, -0.2) is 67.3 Å². The molecule has 1 aliphatic heterocycles. The fourth-order valence-electron chi connectivity index (χ4n) is 2.60. The monoisotopic (exact) mass is 355 g/mol. The molecule has 23 heavy (non-hydrogen) atoms. The number of piperazine rings is 1. The van der Waals surface area contributed by atoms with Crippen LogP contribution in [0, 0.1) is 0 Å². The fraction of sp³-hybridized carbons (Fsp3) is 0.588. The Morgan fingerprint density at radius 2 is 2.00 bits per heavy atom. The van der Waals surface area contributed by atoms with E-state index in [2.05, 4.69) is 28.1 Å². The van der Waals surface area contributed by atoms with Gasteiger partial charge >= 0.3 is 0 Å². The van der Waals surface area contributed by atoms with E-state index in [1.165, 1.54) is 5.56 Å². The van der Waals surface area contributed by atoms with Crippen molar-refractivity contribution in [1.82, 2.24) is 15.1 Å². The molecule has 1 aliphatic rings. The Balaban J connectivity index is 1.53. The van der Waals surface area contributed by atoms with Crippen molar-refractivity contribution in [2.75, 3.05) is 51.6 Å². The van der Waals surface area contributed by atoms with Gasteiger partial charge < -0.3 is 10.2 Å². The molecule has 1 N–H and O–H groups in total. The highest BCUT2D eigenvalue weighted by Crippen LogP contribution is 2.16. The maximum absolute atomic E-state index is 11.9. The van der Waals surface area contributed by atoms with Crippen molar-refractivity contribution in [1.29, 1.82) is 0 Å². The van der Waals surface area contributed by atoms with Gasteiger partial charge in [0.25, 0.3) is 0 Å². The summed E-state index contributed by atoms with van der Waals surface area (Å²) in [5.74, 6) is 1.98. The van der Waals surface area contributed by atoms with E-state index >= 15 is 0 Å². The summed E-state index contributed by atoms with van der Waals surface area (Å²) >= 11 is 7.78. The molecule has 0 radical (unpaired) electrons. The van der Waals surface area contributed by atoms with Crippen molar-refractivity contribution < 1.29 is 4.79 Å². The smallest absolute Gasteiger partial charge is 0.234 e. The summed E-state index contributed by atoms with van der Waals surface area (Å²) in [6, 6.07) is 7.92. The average molecular weight is 356 g/mol. The molecule has 1 heterocycles. The van der Waals surface area contributed by atoms with Crippen LogP contribution in [0.1, 0.15) is 12.5 Å². The first-order valence-electron chi connectivity index (χ1n) is 8.21. The third-order valence-corrected chi connectivity index (χ3v) is 5.27. The Hall–Kier alpha value is -0.750. The van der Waals surface area contributed by atoms with E-state index in [0.29, 0.717) is 6.54 Å². The summed E-state index contributed by atoms with van der Waals surface area (Å²) in [5, 5.41) is 3.79. The molecule has 1 fully saturated rings. The van der Waals surface area contributed by atoms with Crippen LogP contribution in [0.15, 0.2) is 24.3 Å². The molecule has 0 spiro atoms. The number of rotatable bonds is 8. The SMILES string of the molecule is CCN1CCN(CC(=O)NCCSCc2cccc(Cl)c2)CC1. The first kappa shape index (κ1) is 18.6. The topological polar surface area (TPSA) is 35.6 Å². The number of hydrogen-bond donors (Lipinski definition) is 1. The Bertz CT molecular complexity index is 492. The zero-order valence-electron chi connectivity index (χ0n) is 13.8. The molecule has 128 valence electrons. The number of halogens is 1. The van der Waals surface area contributed by atoms with Gasteiger partial charge in [-0.25, -0.2) is 0 Å². The Morgan fingerprint density at radius 3 is 2.70 bits per heavy atom. The average Bonchev–Trinajstić information content (AvgIpc) is 2.55. The molecule has 6 heteroatoms. The highest BCUT2D eigenvalue weighted by Gasteiger charge is 2.17. The number of hydrogen-bond acceptors (Lipinski definition) is 4. The maximum atomic E-state index is 11.9. The Labute approximate surface area is 148 Å². The minimum absolute atomic E-state index is 0.137. The van der Waals surface area contributed by atoms with Gasteiger partial charge in [0.1, 0.15) is 0 Å². The molecule has 0 atom stereocenters. The predicted molar refractivity (Wildman–Crippen MR) is 99.2 cm³/mol. The van der Waals surface area contributed by atoms with Gasteiger partial charge in [0.05, 0.1) is 6.54 Å². The molecule has 0 saturated carbocycles. The van der Waals surface area contributed by atoms with E-state index in [0.717, 1.165) is 55.8 Å². The highest BCUT2D eigenvalue weighted by atomic mass is 35.5. The van der Waals surface area contributed by atoms with Crippen molar-refractivity contribution in [2.24, 2.45) is 0 Å². The number of likely N-dealkylation sites (N-methyl/N-ethyl adjacent to an activating group) is 1. The van der Waals surface area contributed by atoms with Gasteiger partial charge in [0, 0.05) is 49.3 Å². The summed E-state index contributed by atoms with van der Waals surface area (Å²) in [7, 11) is 0. The minimum Gasteiger partial charge on any atom is -0.354 e. The molecule has 1 aromatic rings. The molecular weight excluding hydrogens is 330 g/mol. The lowest BCUT2D eigenvalue weighted by Crippen LogP contribution is -2.49. The predicted octanol–water partition coefficient (Wildman–Crippen LogP) is 2.33. The second-order valence-electron chi connectivity index (χ2n) is 5.74. The quantitative estimate of drug-likeness (QED) is 0.726. The summed E-state index contributed by atoms with van der Waals surface area (Å²) < 4.78 is 0. The Morgan fingerprint density at radius 1 is 1.26 bits per heavy atom. The zero-order chi connectivity index (χ0) is 16.5. The van der Waals surface area contributed by atoms with E-state index in [1.54, 1.807) is 0 Å². The van der Waals surface area contributed by atoms with Gasteiger partial charge in [-0.3, -0.25) is 9.69 Å². The van der Waals surface area contributed by atoms with Crippen molar-refractivity contribution in [2.45, 2.75) is 12.7 Å². The summed E-state index contributed by atoms with van der Waals surface area (Å²) in [4.78, 5) is 16.6. The van der Waals surface area contributed by atoms with Crippen LogP contribution in [0.4, 0.5) is 0 Å².